The number of ether oxygens (including phenoxy) is 1. The van der Waals surface area contributed by atoms with Gasteiger partial charge in [-0.15, -0.1) is 0 Å². The van der Waals surface area contributed by atoms with E-state index in [1.807, 2.05) is 42.5 Å². The molecule has 2 aromatic carbocycles. The Hall–Kier alpha value is -2.24. The molecule has 6 heteroatoms. The van der Waals surface area contributed by atoms with Gasteiger partial charge in [0, 0.05) is 17.2 Å². The molecule has 1 aliphatic carbocycles. The highest BCUT2D eigenvalue weighted by molar-refractivity contribution is 6.30. The third-order valence-electron chi connectivity index (χ3n) is 5.73. The quantitative estimate of drug-likeness (QED) is 0.721. The van der Waals surface area contributed by atoms with E-state index in [-0.39, 0.29) is 12.6 Å². The summed E-state index contributed by atoms with van der Waals surface area (Å²) in [4.78, 5) is 14.9. The van der Waals surface area contributed by atoms with Gasteiger partial charge in [0.1, 0.15) is 5.75 Å². The zero-order valence-corrected chi connectivity index (χ0v) is 16.7. The van der Waals surface area contributed by atoms with Crippen LogP contribution in [0.15, 0.2) is 42.5 Å². The van der Waals surface area contributed by atoms with Gasteiger partial charge in [0.15, 0.2) is 0 Å². The van der Waals surface area contributed by atoms with Crippen LogP contribution in [0.3, 0.4) is 0 Å². The molecule has 0 bridgehead atoms. The van der Waals surface area contributed by atoms with Crippen molar-refractivity contribution in [2.75, 3.05) is 18.6 Å². The van der Waals surface area contributed by atoms with Gasteiger partial charge >= 0.3 is 6.03 Å². The fourth-order valence-corrected chi connectivity index (χ4v) is 4.28. The molecule has 2 amide bonds. The first kappa shape index (κ1) is 19.1. The van der Waals surface area contributed by atoms with Gasteiger partial charge in [-0.1, -0.05) is 36.6 Å². The lowest BCUT2D eigenvalue weighted by molar-refractivity contribution is 0.183. The summed E-state index contributed by atoms with van der Waals surface area (Å²) in [5.74, 6) is 1.37. The van der Waals surface area contributed by atoms with Crippen LogP contribution in [-0.2, 0) is 12.1 Å². The van der Waals surface area contributed by atoms with Crippen molar-refractivity contribution in [2.45, 2.75) is 37.8 Å². The van der Waals surface area contributed by atoms with Crippen LogP contribution >= 0.6 is 11.6 Å². The molecule has 1 aliphatic heterocycles. The molecule has 0 aromatic heterocycles. The highest BCUT2D eigenvalue weighted by Crippen LogP contribution is 2.47. The normalized spacial score (nSPS) is 21.2. The number of hydrogen-bond donors (Lipinski definition) is 2. The molecule has 5 nitrogen and oxygen atoms in total. The molecule has 0 saturated heterocycles. The molecule has 1 unspecified atom stereocenters. The second-order valence-corrected chi connectivity index (χ2v) is 8.17. The average Bonchev–Trinajstić information content (AvgIpc) is 3.50. The molecule has 4 rings (SSSR count). The van der Waals surface area contributed by atoms with Crippen molar-refractivity contribution < 1.29 is 14.6 Å². The van der Waals surface area contributed by atoms with Crippen LogP contribution in [0.4, 0.5) is 10.5 Å². The number of amides is 2. The molecule has 1 fully saturated rings. The Kier molecular flexibility index (Phi) is 5.21. The van der Waals surface area contributed by atoms with Crippen molar-refractivity contribution in [3.8, 4) is 5.75 Å². The molecule has 1 saturated carbocycles. The molecule has 0 radical (unpaired) electrons. The lowest BCUT2D eigenvalue weighted by Crippen LogP contribution is -2.56. The van der Waals surface area contributed by atoms with E-state index in [1.165, 1.54) is 12.8 Å². The van der Waals surface area contributed by atoms with Crippen molar-refractivity contribution in [1.29, 1.82) is 0 Å². The second-order valence-electron chi connectivity index (χ2n) is 7.73. The van der Waals surface area contributed by atoms with Gasteiger partial charge in [0.25, 0.3) is 0 Å². The molecular formula is C22H25ClN2O3. The molecular weight excluding hydrogens is 376 g/mol. The number of carbonyl (C=O) groups is 1. The summed E-state index contributed by atoms with van der Waals surface area (Å²) >= 11 is 6.33. The van der Waals surface area contributed by atoms with Gasteiger partial charge in [-0.05, 0) is 54.7 Å². The Morgan fingerprint density at radius 3 is 2.64 bits per heavy atom. The van der Waals surface area contributed by atoms with Crippen LogP contribution in [0.2, 0.25) is 5.02 Å². The van der Waals surface area contributed by atoms with E-state index in [0.717, 1.165) is 29.0 Å². The SMILES string of the molecule is COc1ccc(CN2C(=O)NC(CCO)(CC3CC3)c3cc(Cl)ccc32)cc1. The number of rotatable bonds is 7. The van der Waals surface area contributed by atoms with Gasteiger partial charge in [0.2, 0.25) is 0 Å². The summed E-state index contributed by atoms with van der Waals surface area (Å²) in [6.07, 6.45) is 3.67. The first-order valence-corrected chi connectivity index (χ1v) is 10.1. The largest absolute Gasteiger partial charge is 0.497 e. The minimum Gasteiger partial charge on any atom is -0.497 e. The van der Waals surface area contributed by atoms with Crippen LogP contribution in [0.25, 0.3) is 0 Å². The van der Waals surface area contributed by atoms with Gasteiger partial charge < -0.3 is 15.2 Å². The number of fused-ring (bicyclic) bond motifs is 1. The van der Waals surface area contributed by atoms with Crippen molar-refractivity contribution in [2.24, 2.45) is 5.92 Å². The topological polar surface area (TPSA) is 61.8 Å². The van der Waals surface area contributed by atoms with E-state index >= 15 is 0 Å². The summed E-state index contributed by atoms with van der Waals surface area (Å²) in [6, 6.07) is 13.2. The summed E-state index contributed by atoms with van der Waals surface area (Å²) in [5, 5.41) is 13.6. The number of benzene rings is 2. The minimum absolute atomic E-state index is 0.0113. The fourth-order valence-electron chi connectivity index (χ4n) is 4.11. The maximum atomic E-state index is 13.1. The van der Waals surface area contributed by atoms with E-state index in [1.54, 1.807) is 12.0 Å². The number of methoxy groups -OCH3 is 1. The van der Waals surface area contributed by atoms with Gasteiger partial charge in [-0.3, -0.25) is 4.90 Å². The Morgan fingerprint density at radius 1 is 1.25 bits per heavy atom. The number of nitrogens with zero attached hydrogens (tertiary/aromatic N) is 1. The fraction of sp³-hybridized carbons (Fsp3) is 0.409. The third kappa shape index (κ3) is 3.69. The molecule has 28 heavy (non-hydrogen) atoms. The van der Waals surface area contributed by atoms with Gasteiger partial charge in [0.05, 0.1) is 24.9 Å². The summed E-state index contributed by atoms with van der Waals surface area (Å²) in [6.45, 7) is 0.459. The smallest absolute Gasteiger partial charge is 0.322 e. The number of halogens is 1. The molecule has 148 valence electrons. The zero-order chi connectivity index (χ0) is 19.7. The van der Waals surface area contributed by atoms with Crippen LogP contribution in [-0.4, -0.2) is 24.9 Å². The van der Waals surface area contributed by atoms with E-state index in [4.69, 9.17) is 16.3 Å². The number of urea groups is 1. The number of anilines is 1. The number of carbonyl (C=O) groups excluding carboxylic acids is 1. The van der Waals surface area contributed by atoms with Crippen molar-refractivity contribution >= 4 is 23.3 Å². The number of aliphatic hydroxyl groups excluding tert-OH is 1. The molecule has 1 atom stereocenters. The summed E-state index contributed by atoms with van der Waals surface area (Å²) in [7, 11) is 1.63. The first-order chi connectivity index (χ1) is 13.5. The molecule has 0 spiro atoms. The Bertz CT molecular complexity index is 867. The maximum absolute atomic E-state index is 13.1. The van der Waals surface area contributed by atoms with Crippen LogP contribution in [0, 0.1) is 5.92 Å². The van der Waals surface area contributed by atoms with E-state index in [0.29, 0.717) is 23.9 Å². The van der Waals surface area contributed by atoms with Gasteiger partial charge in [-0.2, -0.15) is 0 Å². The molecule has 1 heterocycles. The Balaban J connectivity index is 1.71. The lowest BCUT2D eigenvalue weighted by atomic mass is 9.79. The Labute approximate surface area is 170 Å². The van der Waals surface area contributed by atoms with Crippen LogP contribution in [0.1, 0.15) is 36.8 Å². The summed E-state index contributed by atoms with van der Waals surface area (Å²) < 4.78 is 5.22. The third-order valence-corrected chi connectivity index (χ3v) is 5.96. The van der Waals surface area contributed by atoms with E-state index in [9.17, 15) is 9.90 Å². The van der Waals surface area contributed by atoms with Crippen molar-refractivity contribution in [3.63, 3.8) is 0 Å². The molecule has 2 aromatic rings. The standard InChI is InChI=1S/C22H25ClN2O3/c1-28-18-7-4-16(5-8-18)14-25-20-9-6-17(23)12-19(20)22(10-11-26,24-21(25)27)13-15-2-3-15/h4-9,12,15,26H,2-3,10-11,13-14H2,1H3,(H,24,27). The highest BCUT2D eigenvalue weighted by Gasteiger charge is 2.45. The first-order valence-electron chi connectivity index (χ1n) is 9.68. The van der Waals surface area contributed by atoms with E-state index < -0.39 is 5.54 Å². The highest BCUT2D eigenvalue weighted by atomic mass is 35.5. The lowest BCUT2D eigenvalue weighted by Gasteiger charge is -2.44. The monoisotopic (exact) mass is 400 g/mol. The van der Waals surface area contributed by atoms with Crippen molar-refractivity contribution in [1.82, 2.24) is 5.32 Å². The summed E-state index contributed by atoms with van der Waals surface area (Å²) in [5.41, 5.74) is 2.30. The van der Waals surface area contributed by atoms with Gasteiger partial charge in [-0.25, -0.2) is 4.79 Å². The zero-order valence-electron chi connectivity index (χ0n) is 16.0. The predicted octanol–water partition coefficient (Wildman–Crippen LogP) is 4.46. The maximum Gasteiger partial charge on any atom is 0.322 e. The predicted molar refractivity (Wildman–Crippen MR) is 110 cm³/mol. The second kappa shape index (κ2) is 7.64. The molecule has 2 N–H and O–H groups in total. The van der Waals surface area contributed by atoms with Crippen molar-refractivity contribution in [3.05, 3.63) is 58.6 Å². The number of hydrogen-bond acceptors (Lipinski definition) is 3. The number of nitrogens with one attached hydrogen (secondary N) is 1. The van der Waals surface area contributed by atoms with Crippen LogP contribution < -0.4 is 15.0 Å². The molecule has 2 aliphatic rings. The average molecular weight is 401 g/mol. The van der Waals surface area contributed by atoms with E-state index in [2.05, 4.69) is 5.32 Å². The minimum atomic E-state index is -0.566. The Morgan fingerprint density at radius 2 is 2.00 bits per heavy atom. The van der Waals surface area contributed by atoms with Crippen LogP contribution in [0.5, 0.6) is 5.75 Å². The number of aliphatic hydroxyl groups is 1.